The third kappa shape index (κ3) is 11.5. The molecule has 6 nitrogen and oxygen atoms in total. The molecule has 176 valence electrons. The Bertz CT molecular complexity index is 680. The summed E-state index contributed by atoms with van der Waals surface area (Å²) in [5, 5.41) is 20.4. The summed E-state index contributed by atoms with van der Waals surface area (Å²) < 4.78 is 16.2. The molecule has 0 saturated carbocycles. The Labute approximate surface area is 187 Å². The van der Waals surface area contributed by atoms with Crippen LogP contribution in [0.5, 0.6) is 0 Å². The number of aliphatic hydroxyl groups is 2. The first-order chi connectivity index (χ1) is 14.6. The maximum Gasteiger partial charge on any atom is 0.331 e. The second-order valence-corrected chi connectivity index (χ2v) is 8.68. The van der Waals surface area contributed by atoms with Gasteiger partial charge in [0.15, 0.2) is 12.4 Å². The van der Waals surface area contributed by atoms with Crippen molar-refractivity contribution in [2.75, 3.05) is 13.2 Å². The highest BCUT2D eigenvalue weighted by Gasteiger charge is 2.41. The smallest absolute Gasteiger partial charge is 0.331 e. The van der Waals surface area contributed by atoms with Crippen molar-refractivity contribution in [2.24, 2.45) is 0 Å². The van der Waals surface area contributed by atoms with Gasteiger partial charge in [-0.3, -0.25) is 0 Å². The van der Waals surface area contributed by atoms with E-state index in [4.69, 9.17) is 14.2 Å². The summed E-state index contributed by atoms with van der Waals surface area (Å²) in [4.78, 5) is 11.8. The normalized spacial score (nSPS) is 24.5. The zero-order valence-electron chi connectivity index (χ0n) is 19.9. The molecule has 0 bridgehead atoms. The largest absolute Gasteiger partial charge is 0.453 e. The quantitative estimate of drug-likeness (QED) is 0.284. The van der Waals surface area contributed by atoms with Gasteiger partial charge in [-0.25, -0.2) is 4.79 Å². The molecule has 6 heteroatoms. The van der Waals surface area contributed by atoms with Crippen LogP contribution in [0.1, 0.15) is 67.2 Å². The van der Waals surface area contributed by atoms with Crippen LogP contribution in [0.15, 0.2) is 46.6 Å². The minimum atomic E-state index is -1.27. The summed E-state index contributed by atoms with van der Waals surface area (Å²) in [6.07, 6.45) is 7.44. The lowest BCUT2D eigenvalue weighted by Crippen LogP contribution is -2.55. The van der Waals surface area contributed by atoms with Crippen molar-refractivity contribution in [1.29, 1.82) is 0 Å². The first-order valence-corrected chi connectivity index (χ1v) is 11.0. The van der Waals surface area contributed by atoms with Crippen LogP contribution in [0.3, 0.4) is 0 Å². The molecule has 0 aliphatic carbocycles. The molecule has 0 radical (unpaired) electrons. The van der Waals surface area contributed by atoms with Gasteiger partial charge in [0.25, 0.3) is 0 Å². The highest BCUT2D eigenvalue weighted by Crippen LogP contribution is 2.20. The highest BCUT2D eigenvalue weighted by molar-refractivity contribution is 5.82. The van der Waals surface area contributed by atoms with Crippen LogP contribution < -0.4 is 0 Å². The van der Waals surface area contributed by atoms with E-state index in [9.17, 15) is 15.0 Å². The van der Waals surface area contributed by atoms with Crippen molar-refractivity contribution in [3.63, 3.8) is 0 Å². The summed E-state index contributed by atoms with van der Waals surface area (Å²) in [5.74, 6) is -0.608. The molecule has 31 heavy (non-hydrogen) atoms. The molecule has 0 unspecified atom stereocenters. The SMILES string of the molecule is CC(C)=CCC/C(C)=C/CC/C(C)=C/CO[C@@H]1OC[C@@H](O)[C@H](OC(=O)C=C(C)C)[C@H]1O. The van der Waals surface area contributed by atoms with E-state index in [-0.39, 0.29) is 13.2 Å². The fourth-order valence-electron chi connectivity index (χ4n) is 3.09. The van der Waals surface area contributed by atoms with Gasteiger partial charge in [0.2, 0.25) is 0 Å². The summed E-state index contributed by atoms with van der Waals surface area (Å²) in [5.41, 5.74) is 4.70. The predicted octanol–water partition coefficient (Wildman–Crippen LogP) is 4.38. The summed E-state index contributed by atoms with van der Waals surface area (Å²) >= 11 is 0. The molecular weight excluding hydrogens is 396 g/mol. The minimum Gasteiger partial charge on any atom is -0.453 e. The Morgan fingerprint density at radius 1 is 0.935 bits per heavy atom. The zero-order chi connectivity index (χ0) is 23.4. The van der Waals surface area contributed by atoms with Crippen LogP contribution in [0.4, 0.5) is 0 Å². The van der Waals surface area contributed by atoms with Gasteiger partial charge in [-0.15, -0.1) is 0 Å². The number of carbonyl (C=O) groups excluding carboxylic acids is 1. The second kappa shape index (κ2) is 14.4. The minimum absolute atomic E-state index is 0.0754. The van der Waals surface area contributed by atoms with E-state index >= 15 is 0 Å². The Balaban J connectivity index is 2.45. The third-order valence-electron chi connectivity index (χ3n) is 4.90. The average Bonchev–Trinajstić information content (AvgIpc) is 2.66. The van der Waals surface area contributed by atoms with Crippen molar-refractivity contribution in [1.82, 2.24) is 0 Å². The van der Waals surface area contributed by atoms with Gasteiger partial charge in [-0.1, -0.05) is 40.5 Å². The van der Waals surface area contributed by atoms with E-state index in [0.717, 1.165) is 31.3 Å². The molecule has 0 aromatic carbocycles. The number of allylic oxidation sites excluding steroid dienone is 6. The molecule has 0 spiro atoms. The monoisotopic (exact) mass is 436 g/mol. The molecule has 0 aromatic heterocycles. The number of hydrogen-bond donors (Lipinski definition) is 2. The average molecular weight is 437 g/mol. The predicted molar refractivity (Wildman–Crippen MR) is 122 cm³/mol. The third-order valence-corrected chi connectivity index (χ3v) is 4.90. The number of esters is 1. The van der Waals surface area contributed by atoms with Crippen molar-refractivity contribution in [3.8, 4) is 0 Å². The van der Waals surface area contributed by atoms with E-state index < -0.39 is 30.6 Å². The van der Waals surface area contributed by atoms with Gasteiger partial charge in [0.1, 0.15) is 12.2 Å². The Hall–Kier alpha value is -1.73. The highest BCUT2D eigenvalue weighted by atomic mass is 16.7. The van der Waals surface area contributed by atoms with Gasteiger partial charge in [0.05, 0.1) is 13.2 Å². The topological polar surface area (TPSA) is 85.2 Å². The molecule has 1 heterocycles. The lowest BCUT2D eigenvalue weighted by Gasteiger charge is -2.36. The fourth-order valence-corrected chi connectivity index (χ4v) is 3.09. The lowest BCUT2D eigenvalue weighted by molar-refractivity contribution is -0.270. The molecule has 2 N–H and O–H groups in total. The first-order valence-electron chi connectivity index (χ1n) is 11.0. The van der Waals surface area contributed by atoms with Gasteiger partial charge in [-0.2, -0.15) is 0 Å². The summed E-state index contributed by atoms with van der Waals surface area (Å²) in [6, 6.07) is 0. The van der Waals surface area contributed by atoms with E-state index in [1.807, 2.05) is 13.0 Å². The first kappa shape index (κ1) is 27.3. The molecule has 1 rings (SSSR count). The van der Waals surface area contributed by atoms with E-state index in [0.29, 0.717) is 0 Å². The van der Waals surface area contributed by atoms with Crippen molar-refractivity contribution in [3.05, 3.63) is 46.6 Å². The summed E-state index contributed by atoms with van der Waals surface area (Å²) in [7, 11) is 0. The molecule has 1 fully saturated rings. The van der Waals surface area contributed by atoms with Crippen LogP contribution in [0.2, 0.25) is 0 Å². The lowest BCUT2D eigenvalue weighted by atomic mass is 10.1. The van der Waals surface area contributed by atoms with Crippen molar-refractivity contribution in [2.45, 2.75) is 91.8 Å². The maximum atomic E-state index is 11.8. The number of hydrogen-bond acceptors (Lipinski definition) is 6. The molecule has 1 saturated heterocycles. The van der Waals surface area contributed by atoms with E-state index in [1.165, 1.54) is 22.8 Å². The Kier molecular flexibility index (Phi) is 12.6. The zero-order valence-corrected chi connectivity index (χ0v) is 19.9. The Morgan fingerprint density at radius 2 is 1.55 bits per heavy atom. The molecule has 1 aliphatic rings. The van der Waals surface area contributed by atoms with Crippen LogP contribution in [-0.4, -0.2) is 54.0 Å². The molecule has 4 atom stereocenters. The summed E-state index contributed by atoms with van der Waals surface area (Å²) in [6.45, 7) is 12.2. The number of ether oxygens (including phenoxy) is 3. The number of aliphatic hydroxyl groups excluding tert-OH is 2. The van der Waals surface area contributed by atoms with Crippen LogP contribution >= 0.6 is 0 Å². The fraction of sp³-hybridized carbons (Fsp3) is 0.640. The number of rotatable bonds is 11. The van der Waals surface area contributed by atoms with Crippen molar-refractivity contribution < 1.29 is 29.2 Å². The van der Waals surface area contributed by atoms with Gasteiger partial charge in [-0.05, 0) is 67.2 Å². The van der Waals surface area contributed by atoms with Gasteiger partial charge < -0.3 is 24.4 Å². The second-order valence-electron chi connectivity index (χ2n) is 8.68. The van der Waals surface area contributed by atoms with Crippen LogP contribution in [0, 0.1) is 0 Å². The van der Waals surface area contributed by atoms with Gasteiger partial charge >= 0.3 is 5.97 Å². The van der Waals surface area contributed by atoms with Crippen LogP contribution in [-0.2, 0) is 19.0 Å². The molecule has 1 aliphatic heterocycles. The molecule has 0 amide bonds. The molecule has 0 aromatic rings. The Morgan fingerprint density at radius 3 is 2.16 bits per heavy atom. The standard InChI is InChI=1S/C25H40O6/c1-17(2)9-7-10-19(5)11-8-12-20(6)13-14-29-25-23(28)24(21(26)16-30-25)31-22(27)15-18(3)4/h9,11,13,15,21,23-26,28H,7-8,10,12,14,16H2,1-6H3/b19-11+,20-13+/t21-,23-,24+,25-/m1/s1. The van der Waals surface area contributed by atoms with E-state index in [1.54, 1.807) is 13.8 Å². The van der Waals surface area contributed by atoms with Gasteiger partial charge in [0, 0.05) is 6.08 Å². The van der Waals surface area contributed by atoms with Crippen molar-refractivity contribution >= 4 is 5.97 Å². The maximum absolute atomic E-state index is 11.8. The van der Waals surface area contributed by atoms with E-state index in [2.05, 4.69) is 32.9 Å². The molecular formula is C25H40O6. The number of carbonyl (C=O) groups is 1. The van der Waals surface area contributed by atoms with Crippen LogP contribution in [0.25, 0.3) is 0 Å².